The average Bonchev–Trinajstić information content (AvgIpc) is 2.71. The maximum absolute atomic E-state index is 2.49. The van der Waals surface area contributed by atoms with Crippen molar-refractivity contribution in [3.8, 4) is 0 Å². The van der Waals surface area contributed by atoms with Gasteiger partial charge in [0.2, 0.25) is 0 Å². The van der Waals surface area contributed by atoms with Crippen molar-refractivity contribution in [2.24, 2.45) is 5.41 Å². The van der Waals surface area contributed by atoms with Gasteiger partial charge in [0.1, 0.15) is 0 Å². The Balaban J connectivity index is 2.43. The fraction of sp³-hybridized carbons (Fsp3) is 0.333. The van der Waals surface area contributed by atoms with Crippen molar-refractivity contribution in [1.82, 2.24) is 4.57 Å². The Kier molecular flexibility index (Phi) is 2.67. The quantitative estimate of drug-likeness (QED) is 0.545. The average molecular weight is 251 g/mol. The van der Waals surface area contributed by atoms with E-state index in [2.05, 4.69) is 80.8 Å². The zero-order valence-electron chi connectivity index (χ0n) is 12.1. The van der Waals surface area contributed by atoms with Gasteiger partial charge in [0, 0.05) is 27.8 Å². The second-order valence-corrected chi connectivity index (χ2v) is 6.45. The van der Waals surface area contributed by atoms with E-state index in [1.54, 1.807) is 0 Å². The molecule has 3 rings (SSSR count). The van der Waals surface area contributed by atoms with Gasteiger partial charge in [-0.2, -0.15) is 0 Å². The first kappa shape index (κ1) is 12.3. The van der Waals surface area contributed by atoms with Crippen molar-refractivity contribution < 1.29 is 0 Å². The zero-order chi connectivity index (χ0) is 13.6. The molecule has 3 aromatic rings. The van der Waals surface area contributed by atoms with Crippen LogP contribution >= 0.6 is 0 Å². The summed E-state index contributed by atoms with van der Waals surface area (Å²) >= 11 is 0. The van der Waals surface area contributed by atoms with Crippen LogP contribution < -0.4 is 0 Å². The second kappa shape index (κ2) is 4.12. The van der Waals surface area contributed by atoms with Crippen molar-refractivity contribution in [2.75, 3.05) is 0 Å². The summed E-state index contributed by atoms with van der Waals surface area (Å²) in [6.45, 7) is 9.24. The van der Waals surface area contributed by atoms with Crippen LogP contribution in [-0.2, 0) is 0 Å². The first-order chi connectivity index (χ1) is 9.00. The highest BCUT2D eigenvalue weighted by atomic mass is 15.0. The molecule has 2 aromatic carbocycles. The molecule has 0 amide bonds. The number of fused-ring (bicyclic) bond motifs is 3. The highest BCUT2D eigenvalue weighted by molar-refractivity contribution is 6.08. The highest BCUT2D eigenvalue weighted by Crippen LogP contribution is 2.38. The van der Waals surface area contributed by atoms with Crippen LogP contribution in [0.5, 0.6) is 0 Å². The molecule has 0 spiro atoms. The number of nitrogens with zero attached hydrogens (tertiary/aromatic N) is 1. The van der Waals surface area contributed by atoms with E-state index in [0.717, 1.165) is 0 Å². The maximum Gasteiger partial charge on any atom is 0.0494 e. The molecular weight excluding hydrogens is 230 g/mol. The lowest BCUT2D eigenvalue weighted by Crippen LogP contribution is -2.21. The molecule has 0 aliphatic heterocycles. The molecule has 0 radical (unpaired) electrons. The fourth-order valence-electron chi connectivity index (χ4n) is 2.76. The van der Waals surface area contributed by atoms with E-state index in [-0.39, 0.29) is 5.41 Å². The third kappa shape index (κ3) is 1.85. The molecule has 0 saturated carbocycles. The number of aromatic nitrogens is 1. The Bertz CT molecular complexity index is 675. The van der Waals surface area contributed by atoms with E-state index in [4.69, 9.17) is 0 Å². The molecule has 1 nitrogen and oxygen atoms in total. The number of hydrogen-bond acceptors (Lipinski definition) is 0. The van der Waals surface area contributed by atoms with E-state index in [1.807, 2.05) is 0 Å². The van der Waals surface area contributed by atoms with Crippen molar-refractivity contribution in [3.05, 3.63) is 48.5 Å². The number of hydrogen-bond donors (Lipinski definition) is 0. The molecule has 1 heteroatoms. The Labute approximate surface area is 114 Å². The number of para-hydroxylation sites is 2. The second-order valence-electron chi connectivity index (χ2n) is 6.45. The van der Waals surface area contributed by atoms with Crippen LogP contribution in [0.25, 0.3) is 21.8 Å². The molecule has 1 unspecified atom stereocenters. The largest absolute Gasteiger partial charge is 0.337 e. The summed E-state index contributed by atoms with van der Waals surface area (Å²) in [5.74, 6) is 0. The normalized spacial score (nSPS) is 14.1. The van der Waals surface area contributed by atoms with Crippen molar-refractivity contribution in [2.45, 2.75) is 33.7 Å². The van der Waals surface area contributed by atoms with E-state index in [0.29, 0.717) is 6.04 Å². The third-order valence-electron chi connectivity index (χ3n) is 4.26. The molecule has 0 aliphatic carbocycles. The van der Waals surface area contributed by atoms with Crippen LogP contribution in [0.2, 0.25) is 0 Å². The minimum Gasteiger partial charge on any atom is -0.337 e. The number of benzene rings is 2. The lowest BCUT2D eigenvalue weighted by molar-refractivity contribution is 0.273. The maximum atomic E-state index is 2.49. The van der Waals surface area contributed by atoms with Gasteiger partial charge in [-0.3, -0.25) is 0 Å². The molecule has 19 heavy (non-hydrogen) atoms. The Morgan fingerprint density at radius 1 is 0.789 bits per heavy atom. The van der Waals surface area contributed by atoms with Gasteiger partial charge >= 0.3 is 0 Å². The summed E-state index contributed by atoms with van der Waals surface area (Å²) in [5, 5.41) is 2.71. The van der Waals surface area contributed by atoms with Gasteiger partial charge < -0.3 is 4.57 Å². The van der Waals surface area contributed by atoms with Crippen LogP contribution in [0.1, 0.15) is 33.7 Å². The van der Waals surface area contributed by atoms with E-state index in [9.17, 15) is 0 Å². The lowest BCUT2D eigenvalue weighted by atomic mass is 9.87. The monoisotopic (exact) mass is 251 g/mol. The van der Waals surface area contributed by atoms with Crippen LogP contribution in [-0.4, -0.2) is 4.57 Å². The highest BCUT2D eigenvalue weighted by Gasteiger charge is 2.24. The van der Waals surface area contributed by atoms with Crippen molar-refractivity contribution in [3.63, 3.8) is 0 Å². The topological polar surface area (TPSA) is 4.93 Å². The summed E-state index contributed by atoms with van der Waals surface area (Å²) in [6, 6.07) is 17.9. The molecule has 1 aromatic heterocycles. The zero-order valence-corrected chi connectivity index (χ0v) is 12.1. The lowest BCUT2D eigenvalue weighted by Gasteiger charge is -2.30. The summed E-state index contributed by atoms with van der Waals surface area (Å²) < 4.78 is 2.49. The van der Waals surface area contributed by atoms with Crippen LogP contribution in [0.4, 0.5) is 0 Å². The van der Waals surface area contributed by atoms with Gasteiger partial charge in [-0.05, 0) is 24.5 Å². The SMILES string of the molecule is CC(n1c2ccccc2c2ccccc21)C(C)(C)C. The van der Waals surface area contributed by atoms with Crippen molar-refractivity contribution in [1.29, 1.82) is 0 Å². The smallest absolute Gasteiger partial charge is 0.0494 e. The molecule has 0 saturated heterocycles. The Morgan fingerprint density at radius 3 is 1.63 bits per heavy atom. The van der Waals surface area contributed by atoms with Gasteiger partial charge in [-0.15, -0.1) is 0 Å². The van der Waals surface area contributed by atoms with E-state index < -0.39 is 0 Å². The standard InChI is InChI=1S/C18H21N/c1-13(18(2,3)4)19-16-11-7-5-9-14(16)15-10-6-8-12-17(15)19/h5-13H,1-4H3. The number of rotatable bonds is 1. The summed E-state index contributed by atoms with van der Waals surface area (Å²) in [4.78, 5) is 0. The van der Waals surface area contributed by atoms with Gasteiger partial charge in [-0.1, -0.05) is 57.2 Å². The molecule has 0 fully saturated rings. The van der Waals surface area contributed by atoms with E-state index in [1.165, 1.54) is 21.8 Å². The van der Waals surface area contributed by atoms with Crippen LogP contribution in [0, 0.1) is 5.41 Å². The van der Waals surface area contributed by atoms with Crippen LogP contribution in [0.15, 0.2) is 48.5 Å². The molecule has 98 valence electrons. The van der Waals surface area contributed by atoms with Gasteiger partial charge in [0.05, 0.1) is 0 Å². The fourth-order valence-corrected chi connectivity index (χ4v) is 2.76. The molecule has 0 bridgehead atoms. The molecule has 1 heterocycles. The van der Waals surface area contributed by atoms with Gasteiger partial charge in [0.15, 0.2) is 0 Å². The molecule has 0 aliphatic rings. The molecule has 0 N–H and O–H groups in total. The van der Waals surface area contributed by atoms with Crippen molar-refractivity contribution >= 4 is 21.8 Å². The van der Waals surface area contributed by atoms with Gasteiger partial charge in [-0.25, -0.2) is 0 Å². The third-order valence-corrected chi connectivity index (χ3v) is 4.26. The van der Waals surface area contributed by atoms with E-state index >= 15 is 0 Å². The Morgan fingerprint density at radius 2 is 1.21 bits per heavy atom. The predicted octanol–water partition coefficient (Wildman–Crippen LogP) is 5.40. The minimum atomic E-state index is 0.241. The minimum absolute atomic E-state index is 0.241. The molecule has 1 atom stereocenters. The summed E-state index contributed by atoms with van der Waals surface area (Å²) in [7, 11) is 0. The first-order valence-electron chi connectivity index (χ1n) is 6.98. The van der Waals surface area contributed by atoms with Crippen LogP contribution in [0.3, 0.4) is 0 Å². The predicted molar refractivity (Wildman–Crippen MR) is 83.6 cm³/mol. The Hall–Kier alpha value is -1.76. The molecular formula is C18H21N. The van der Waals surface area contributed by atoms with Gasteiger partial charge in [0.25, 0.3) is 0 Å². The summed E-state index contributed by atoms with van der Waals surface area (Å²) in [6.07, 6.45) is 0. The summed E-state index contributed by atoms with van der Waals surface area (Å²) in [5.41, 5.74) is 2.92. The first-order valence-corrected chi connectivity index (χ1v) is 6.98.